The van der Waals surface area contributed by atoms with Crippen LogP contribution in [-0.4, -0.2) is 60.9 Å². The fourth-order valence-corrected chi connectivity index (χ4v) is 3.19. The minimum atomic E-state index is -0.765. The largest absolute Gasteiger partial charge is 0.350 e. The van der Waals surface area contributed by atoms with Gasteiger partial charge in [0.2, 0.25) is 11.8 Å². The van der Waals surface area contributed by atoms with Crippen LogP contribution in [0.2, 0.25) is 0 Å². The highest BCUT2D eigenvalue weighted by molar-refractivity contribution is 5.94. The van der Waals surface area contributed by atoms with Crippen molar-refractivity contribution in [3.8, 4) is 12.3 Å². The first-order valence-electron chi connectivity index (χ1n) is 9.52. The standard InChI is InChI=1S/C21H28N4O3.ClH/c1-4-9-18(24-19(26)15(2)22-3)21(28)25-13-8-12-17(25)14-23-20(27)16-10-6-5-7-11-16;/h1,5-7,10-11,15,17-18,22H,8-9,12-14H2,2-3H3,(H,23,27)(H,24,26);1H/t15-,17-,18-;/m0./s1. The molecule has 3 N–H and O–H groups in total. The van der Waals surface area contributed by atoms with E-state index in [1.807, 2.05) is 6.07 Å². The molecule has 0 aliphatic carbocycles. The molecule has 0 unspecified atom stereocenters. The first-order valence-corrected chi connectivity index (χ1v) is 9.52. The predicted octanol–water partition coefficient (Wildman–Crippen LogP) is 0.945. The lowest BCUT2D eigenvalue weighted by molar-refractivity contribution is -0.137. The van der Waals surface area contributed by atoms with Gasteiger partial charge in [0.05, 0.1) is 6.04 Å². The normalized spacial score (nSPS) is 17.4. The molecule has 1 aliphatic rings. The summed E-state index contributed by atoms with van der Waals surface area (Å²) in [5.41, 5.74) is 0.580. The molecule has 0 radical (unpaired) electrons. The second-order valence-corrected chi connectivity index (χ2v) is 6.88. The lowest BCUT2D eigenvalue weighted by Crippen LogP contribution is -2.54. The van der Waals surface area contributed by atoms with Gasteiger partial charge in [-0.3, -0.25) is 14.4 Å². The fourth-order valence-electron chi connectivity index (χ4n) is 3.19. The van der Waals surface area contributed by atoms with Gasteiger partial charge < -0.3 is 20.9 Å². The van der Waals surface area contributed by atoms with Crippen molar-refractivity contribution in [1.82, 2.24) is 20.9 Å². The molecule has 1 heterocycles. The second-order valence-electron chi connectivity index (χ2n) is 6.88. The second kappa shape index (κ2) is 12.1. The van der Waals surface area contributed by atoms with Gasteiger partial charge in [-0.05, 0) is 38.9 Å². The maximum Gasteiger partial charge on any atom is 0.251 e. The van der Waals surface area contributed by atoms with Gasteiger partial charge in [0.1, 0.15) is 6.04 Å². The van der Waals surface area contributed by atoms with E-state index in [1.54, 1.807) is 43.1 Å². The molecule has 3 amide bonds. The summed E-state index contributed by atoms with van der Waals surface area (Å²) in [7, 11) is 1.67. The molecular formula is C21H29ClN4O3. The zero-order valence-corrected chi connectivity index (χ0v) is 17.6. The van der Waals surface area contributed by atoms with E-state index in [-0.39, 0.29) is 42.6 Å². The van der Waals surface area contributed by atoms with Crippen LogP contribution >= 0.6 is 12.4 Å². The number of terminal acetylenes is 1. The fraction of sp³-hybridized carbons (Fsp3) is 0.476. The first kappa shape index (κ1) is 24.5. The molecule has 2 rings (SSSR count). The van der Waals surface area contributed by atoms with Gasteiger partial charge in [-0.1, -0.05) is 18.2 Å². The van der Waals surface area contributed by atoms with Crippen LogP contribution in [0.4, 0.5) is 0 Å². The highest BCUT2D eigenvalue weighted by Gasteiger charge is 2.34. The zero-order valence-electron chi connectivity index (χ0n) is 16.8. The maximum absolute atomic E-state index is 13.0. The molecule has 0 saturated carbocycles. The van der Waals surface area contributed by atoms with Gasteiger partial charge in [0.25, 0.3) is 5.91 Å². The van der Waals surface area contributed by atoms with E-state index in [2.05, 4.69) is 21.9 Å². The van der Waals surface area contributed by atoms with Gasteiger partial charge in [-0.2, -0.15) is 0 Å². The van der Waals surface area contributed by atoms with E-state index in [1.165, 1.54) is 0 Å². The Morgan fingerprint density at radius 2 is 1.97 bits per heavy atom. The Morgan fingerprint density at radius 3 is 2.59 bits per heavy atom. The Hall–Kier alpha value is -2.56. The van der Waals surface area contributed by atoms with Crippen molar-refractivity contribution in [2.45, 2.75) is 44.3 Å². The van der Waals surface area contributed by atoms with E-state index in [0.29, 0.717) is 18.7 Å². The summed E-state index contributed by atoms with van der Waals surface area (Å²) < 4.78 is 0. The number of hydrogen-bond donors (Lipinski definition) is 3. The molecule has 1 aromatic rings. The third kappa shape index (κ3) is 6.77. The average molecular weight is 421 g/mol. The molecule has 29 heavy (non-hydrogen) atoms. The average Bonchev–Trinajstić information content (AvgIpc) is 3.19. The van der Waals surface area contributed by atoms with Crippen LogP contribution in [-0.2, 0) is 9.59 Å². The zero-order chi connectivity index (χ0) is 20.5. The number of hydrogen-bond acceptors (Lipinski definition) is 4. The molecule has 3 atom stereocenters. The van der Waals surface area contributed by atoms with Crippen LogP contribution in [0.15, 0.2) is 30.3 Å². The van der Waals surface area contributed by atoms with Crippen molar-refractivity contribution >= 4 is 30.1 Å². The SMILES string of the molecule is C#CC[C@H](NC(=O)[C@H](C)NC)C(=O)N1CCC[C@H]1CNC(=O)c1ccccc1.Cl. The highest BCUT2D eigenvalue weighted by atomic mass is 35.5. The molecule has 7 nitrogen and oxygen atoms in total. The van der Waals surface area contributed by atoms with Crippen LogP contribution in [0.1, 0.15) is 36.5 Å². The number of likely N-dealkylation sites (N-methyl/N-ethyl adjacent to an activating group) is 1. The monoisotopic (exact) mass is 420 g/mol. The summed E-state index contributed by atoms with van der Waals surface area (Å²) in [6.07, 6.45) is 7.17. The van der Waals surface area contributed by atoms with Crippen LogP contribution in [0.3, 0.4) is 0 Å². The Balaban J connectivity index is 0.00000420. The Bertz CT molecular complexity index is 735. The van der Waals surface area contributed by atoms with Gasteiger partial charge in [-0.25, -0.2) is 0 Å². The van der Waals surface area contributed by atoms with Gasteiger partial charge in [-0.15, -0.1) is 24.8 Å². The van der Waals surface area contributed by atoms with Crippen molar-refractivity contribution in [2.24, 2.45) is 0 Å². The van der Waals surface area contributed by atoms with Crippen LogP contribution in [0.5, 0.6) is 0 Å². The smallest absolute Gasteiger partial charge is 0.251 e. The summed E-state index contributed by atoms with van der Waals surface area (Å²) >= 11 is 0. The molecule has 158 valence electrons. The minimum Gasteiger partial charge on any atom is -0.350 e. The third-order valence-electron chi connectivity index (χ3n) is 4.96. The maximum atomic E-state index is 13.0. The summed E-state index contributed by atoms with van der Waals surface area (Å²) in [6.45, 7) is 2.66. The number of rotatable bonds is 8. The molecule has 1 aliphatic heterocycles. The van der Waals surface area contributed by atoms with Crippen molar-refractivity contribution < 1.29 is 14.4 Å². The molecule has 0 spiro atoms. The summed E-state index contributed by atoms with van der Waals surface area (Å²) in [6, 6.07) is 7.65. The van der Waals surface area contributed by atoms with E-state index in [9.17, 15) is 14.4 Å². The molecule has 8 heteroatoms. The third-order valence-corrected chi connectivity index (χ3v) is 4.96. The number of nitrogens with zero attached hydrogens (tertiary/aromatic N) is 1. The lowest BCUT2D eigenvalue weighted by Gasteiger charge is -2.29. The molecular weight excluding hydrogens is 392 g/mol. The van der Waals surface area contributed by atoms with Crippen LogP contribution < -0.4 is 16.0 Å². The number of likely N-dealkylation sites (tertiary alicyclic amines) is 1. The Labute approximate surface area is 178 Å². The Kier molecular flexibility index (Phi) is 10.2. The lowest BCUT2D eigenvalue weighted by atomic mass is 10.1. The predicted molar refractivity (Wildman–Crippen MR) is 115 cm³/mol. The number of amides is 3. The van der Waals surface area contributed by atoms with E-state index in [4.69, 9.17) is 6.42 Å². The van der Waals surface area contributed by atoms with E-state index < -0.39 is 12.1 Å². The number of benzene rings is 1. The quantitative estimate of drug-likeness (QED) is 0.546. The van der Waals surface area contributed by atoms with Gasteiger partial charge in [0, 0.05) is 31.1 Å². The number of nitrogens with one attached hydrogen (secondary N) is 3. The molecule has 0 bridgehead atoms. The van der Waals surface area contributed by atoms with Gasteiger partial charge in [0.15, 0.2) is 0 Å². The van der Waals surface area contributed by atoms with E-state index >= 15 is 0 Å². The van der Waals surface area contributed by atoms with E-state index in [0.717, 1.165) is 12.8 Å². The molecule has 1 fully saturated rings. The molecule has 0 aromatic heterocycles. The number of carbonyl (C=O) groups excluding carboxylic acids is 3. The van der Waals surface area contributed by atoms with Crippen molar-refractivity contribution in [1.29, 1.82) is 0 Å². The van der Waals surface area contributed by atoms with Gasteiger partial charge >= 0.3 is 0 Å². The molecule has 1 saturated heterocycles. The number of carbonyl (C=O) groups is 3. The Morgan fingerprint density at radius 1 is 1.28 bits per heavy atom. The van der Waals surface area contributed by atoms with Crippen molar-refractivity contribution in [3.63, 3.8) is 0 Å². The van der Waals surface area contributed by atoms with Crippen molar-refractivity contribution in [3.05, 3.63) is 35.9 Å². The van der Waals surface area contributed by atoms with Crippen LogP contribution in [0.25, 0.3) is 0 Å². The van der Waals surface area contributed by atoms with Crippen molar-refractivity contribution in [2.75, 3.05) is 20.1 Å². The first-order chi connectivity index (χ1) is 13.5. The topological polar surface area (TPSA) is 90.5 Å². The molecule has 1 aromatic carbocycles. The number of halogens is 1. The summed E-state index contributed by atoms with van der Waals surface area (Å²) in [5, 5.41) is 8.47. The van der Waals surface area contributed by atoms with Crippen LogP contribution in [0, 0.1) is 12.3 Å². The minimum absolute atomic E-state index is 0. The highest BCUT2D eigenvalue weighted by Crippen LogP contribution is 2.18. The summed E-state index contributed by atoms with van der Waals surface area (Å²) in [4.78, 5) is 39.1. The summed E-state index contributed by atoms with van der Waals surface area (Å²) in [5.74, 6) is 1.82.